The largest absolute Gasteiger partial charge is 0.355 e. The third kappa shape index (κ3) is 5.12. The van der Waals surface area contributed by atoms with E-state index < -0.39 is 0 Å². The molecule has 0 aromatic heterocycles. The zero-order chi connectivity index (χ0) is 14.4. The van der Waals surface area contributed by atoms with Crippen LogP contribution in [-0.4, -0.2) is 30.9 Å². The Hall–Kier alpha value is -1.10. The van der Waals surface area contributed by atoms with Gasteiger partial charge >= 0.3 is 0 Å². The van der Waals surface area contributed by atoms with Gasteiger partial charge in [-0.15, -0.1) is 0 Å². The summed E-state index contributed by atoms with van der Waals surface area (Å²) in [6, 6.07) is 0.0933. The lowest BCUT2D eigenvalue weighted by atomic mass is 9.89. The predicted molar refractivity (Wildman–Crippen MR) is 77.9 cm³/mol. The molecule has 20 heavy (non-hydrogen) atoms. The van der Waals surface area contributed by atoms with Gasteiger partial charge in [-0.25, -0.2) is 0 Å². The molecular weight excluding hydrogens is 254 g/mol. The van der Waals surface area contributed by atoms with Gasteiger partial charge in [0.25, 0.3) is 0 Å². The molecule has 0 aliphatic heterocycles. The third-order valence-electron chi connectivity index (χ3n) is 4.39. The molecule has 114 valence electrons. The summed E-state index contributed by atoms with van der Waals surface area (Å²) in [5, 5.41) is 5.72. The number of amides is 2. The van der Waals surface area contributed by atoms with Gasteiger partial charge in [0.05, 0.1) is 0 Å². The summed E-state index contributed by atoms with van der Waals surface area (Å²) in [5.74, 6) is 0.855. The molecule has 5 nitrogen and oxygen atoms in total. The van der Waals surface area contributed by atoms with Gasteiger partial charge in [-0.1, -0.05) is 19.3 Å². The summed E-state index contributed by atoms with van der Waals surface area (Å²) in [5.41, 5.74) is 5.92. The molecule has 2 amide bonds. The van der Waals surface area contributed by atoms with Crippen molar-refractivity contribution < 1.29 is 9.59 Å². The molecule has 0 aromatic rings. The number of nitrogens with one attached hydrogen (secondary N) is 2. The van der Waals surface area contributed by atoms with Crippen LogP contribution in [0.1, 0.15) is 51.4 Å². The Bertz CT molecular complexity index is 336. The fourth-order valence-electron chi connectivity index (χ4n) is 2.82. The number of nitrogens with two attached hydrogens (primary N) is 1. The Morgan fingerprint density at radius 3 is 2.40 bits per heavy atom. The van der Waals surface area contributed by atoms with Crippen molar-refractivity contribution in [2.75, 3.05) is 13.1 Å². The summed E-state index contributed by atoms with van der Waals surface area (Å²) in [6.45, 7) is 0.986. The van der Waals surface area contributed by atoms with Crippen LogP contribution in [0.5, 0.6) is 0 Å². The first-order chi connectivity index (χ1) is 9.66. The molecule has 1 atom stereocenters. The Balaban J connectivity index is 1.52. The Morgan fingerprint density at radius 2 is 1.75 bits per heavy atom. The van der Waals surface area contributed by atoms with Gasteiger partial charge in [0.15, 0.2) is 0 Å². The minimum atomic E-state index is -0.0231. The van der Waals surface area contributed by atoms with Crippen molar-refractivity contribution in [1.82, 2.24) is 10.6 Å². The van der Waals surface area contributed by atoms with E-state index >= 15 is 0 Å². The van der Waals surface area contributed by atoms with Crippen LogP contribution in [0.2, 0.25) is 0 Å². The van der Waals surface area contributed by atoms with Gasteiger partial charge in [-0.3, -0.25) is 9.59 Å². The van der Waals surface area contributed by atoms with Gasteiger partial charge < -0.3 is 16.4 Å². The second-order valence-corrected chi connectivity index (χ2v) is 6.18. The lowest BCUT2D eigenvalue weighted by Gasteiger charge is -2.20. The maximum Gasteiger partial charge on any atom is 0.223 e. The van der Waals surface area contributed by atoms with Crippen molar-refractivity contribution in [3.63, 3.8) is 0 Å². The summed E-state index contributed by atoms with van der Waals surface area (Å²) < 4.78 is 0. The van der Waals surface area contributed by atoms with Crippen molar-refractivity contribution in [3.05, 3.63) is 0 Å². The highest BCUT2D eigenvalue weighted by atomic mass is 16.2. The molecule has 2 aliphatic carbocycles. The Kier molecular flexibility index (Phi) is 5.83. The minimum absolute atomic E-state index is 0.0231. The molecule has 2 rings (SSSR count). The van der Waals surface area contributed by atoms with Crippen LogP contribution in [0.15, 0.2) is 0 Å². The number of carbonyl (C=O) groups excluding carboxylic acids is 2. The minimum Gasteiger partial charge on any atom is -0.355 e. The number of hydrogen-bond acceptors (Lipinski definition) is 3. The van der Waals surface area contributed by atoms with E-state index in [1.54, 1.807) is 0 Å². The average molecular weight is 281 g/mol. The third-order valence-corrected chi connectivity index (χ3v) is 4.39. The summed E-state index contributed by atoms with van der Waals surface area (Å²) in [4.78, 5) is 23.5. The summed E-state index contributed by atoms with van der Waals surface area (Å²) in [7, 11) is 0. The molecule has 2 fully saturated rings. The van der Waals surface area contributed by atoms with E-state index in [0.29, 0.717) is 25.4 Å². The molecule has 0 spiro atoms. The Labute approximate surface area is 121 Å². The molecule has 0 saturated heterocycles. The Morgan fingerprint density at radius 1 is 1.05 bits per heavy atom. The molecule has 2 saturated carbocycles. The maximum absolute atomic E-state index is 11.9. The van der Waals surface area contributed by atoms with Crippen LogP contribution >= 0.6 is 0 Å². The lowest BCUT2D eigenvalue weighted by Crippen LogP contribution is -2.40. The number of hydrogen-bond donors (Lipinski definition) is 3. The zero-order valence-corrected chi connectivity index (χ0v) is 12.2. The molecule has 5 heteroatoms. The van der Waals surface area contributed by atoms with Gasteiger partial charge in [0.2, 0.25) is 11.8 Å². The first-order valence-electron chi connectivity index (χ1n) is 7.97. The fraction of sp³-hybridized carbons (Fsp3) is 0.867. The van der Waals surface area contributed by atoms with E-state index in [9.17, 15) is 9.59 Å². The normalized spacial score (nSPS) is 21.2. The molecule has 0 bridgehead atoms. The van der Waals surface area contributed by atoms with E-state index in [1.807, 2.05) is 0 Å². The number of rotatable bonds is 7. The number of carbonyl (C=O) groups is 2. The van der Waals surface area contributed by atoms with Crippen LogP contribution in [0.3, 0.4) is 0 Å². The quantitative estimate of drug-likeness (QED) is 0.649. The van der Waals surface area contributed by atoms with Gasteiger partial charge in [-0.2, -0.15) is 0 Å². The van der Waals surface area contributed by atoms with E-state index in [4.69, 9.17) is 5.73 Å². The standard InChI is InChI=1S/C15H27N3O2/c16-13(11-6-7-11)10-18-14(19)8-9-17-15(20)12-4-2-1-3-5-12/h11-13H,1-10,16H2,(H,17,20)(H,18,19). The summed E-state index contributed by atoms with van der Waals surface area (Å²) in [6.07, 6.45) is 8.25. The van der Waals surface area contributed by atoms with E-state index in [1.165, 1.54) is 19.3 Å². The molecule has 1 unspecified atom stereocenters. The van der Waals surface area contributed by atoms with Crippen LogP contribution in [0.4, 0.5) is 0 Å². The lowest BCUT2D eigenvalue weighted by molar-refractivity contribution is -0.126. The highest BCUT2D eigenvalue weighted by molar-refractivity contribution is 5.80. The average Bonchev–Trinajstić information content (AvgIpc) is 3.30. The van der Waals surface area contributed by atoms with Crippen LogP contribution in [0.25, 0.3) is 0 Å². The summed E-state index contributed by atoms with van der Waals surface area (Å²) >= 11 is 0. The molecule has 0 radical (unpaired) electrons. The van der Waals surface area contributed by atoms with Gasteiger partial charge in [0.1, 0.15) is 0 Å². The monoisotopic (exact) mass is 281 g/mol. The second-order valence-electron chi connectivity index (χ2n) is 6.18. The second kappa shape index (κ2) is 7.62. The first-order valence-corrected chi connectivity index (χ1v) is 7.97. The molecular formula is C15H27N3O2. The van der Waals surface area contributed by atoms with Gasteiger partial charge in [-0.05, 0) is 31.6 Å². The van der Waals surface area contributed by atoms with E-state index in [0.717, 1.165) is 25.7 Å². The molecule has 2 aliphatic rings. The smallest absolute Gasteiger partial charge is 0.223 e. The fourth-order valence-corrected chi connectivity index (χ4v) is 2.82. The molecule has 0 aromatic carbocycles. The zero-order valence-electron chi connectivity index (χ0n) is 12.2. The highest BCUT2D eigenvalue weighted by Gasteiger charge is 2.28. The van der Waals surface area contributed by atoms with Gasteiger partial charge in [0, 0.05) is 31.5 Å². The predicted octanol–water partition coefficient (Wildman–Crippen LogP) is 0.926. The van der Waals surface area contributed by atoms with Crippen molar-refractivity contribution in [2.24, 2.45) is 17.6 Å². The van der Waals surface area contributed by atoms with Crippen LogP contribution < -0.4 is 16.4 Å². The maximum atomic E-state index is 11.9. The SMILES string of the molecule is NC(CNC(=O)CCNC(=O)C1CCCCC1)C1CC1. The van der Waals surface area contributed by atoms with Crippen molar-refractivity contribution in [3.8, 4) is 0 Å². The van der Waals surface area contributed by atoms with Crippen LogP contribution in [-0.2, 0) is 9.59 Å². The topological polar surface area (TPSA) is 84.2 Å². The van der Waals surface area contributed by atoms with Crippen LogP contribution in [0, 0.1) is 11.8 Å². The first kappa shape index (κ1) is 15.3. The van der Waals surface area contributed by atoms with Crippen molar-refractivity contribution >= 4 is 11.8 Å². The highest BCUT2D eigenvalue weighted by Crippen LogP contribution is 2.31. The van der Waals surface area contributed by atoms with Crippen molar-refractivity contribution in [2.45, 2.75) is 57.4 Å². The molecule has 0 heterocycles. The van der Waals surface area contributed by atoms with E-state index in [-0.39, 0.29) is 23.8 Å². The van der Waals surface area contributed by atoms with Crippen molar-refractivity contribution in [1.29, 1.82) is 0 Å². The molecule has 4 N–H and O–H groups in total. The van der Waals surface area contributed by atoms with E-state index in [2.05, 4.69) is 10.6 Å².